The highest BCUT2D eigenvalue weighted by atomic mass is 28.2. The van der Waals surface area contributed by atoms with Crippen LogP contribution in [-0.4, -0.2) is 57.4 Å². The summed E-state index contributed by atoms with van der Waals surface area (Å²) >= 11 is 0. The SMILES string of the molecule is CC(C)(C)[SiH2]OC(C)(C)[C@H]1CN(c2ccc(B3OC(C)(C)C(C)(C)O3)nc2)C(=O)O1. The second-order valence-electron chi connectivity index (χ2n) is 11.0. The standard InChI is InChI=1S/C21H35BN2O5Si/c1-18(2,3)30-29-19(4,5)15-13-24(17(25)26-15)14-10-11-16(23-12-14)22-27-20(6,7)21(8,9)28-22/h10-12,15H,13,30H2,1-9H3/t15-/m1/s1. The minimum absolute atomic E-state index is 0.173. The zero-order valence-electron chi connectivity index (χ0n) is 19.7. The molecule has 2 aliphatic heterocycles. The Morgan fingerprint density at radius 1 is 1.13 bits per heavy atom. The Morgan fingerprint density at radius 3 is 2.23 bits per heavy atom. The van der Waals surface area contributed by atoms with Gasteiger partial charge in [-0.25, -0.2) is 4.79 Å². The largest absolute Gasteiger partial charge is 0.514 e. The first-order valence-electron chi connectivity index (χ1n) is 10.6. The molecule has 1 atom stereocenters. The number of aromatic nitrogens is 1. The smallest absolute Gasteiger partial charge is 0.441 e. The third-order valence-corrected chi connectivity index (χ3v) is 7.80. The van der Waals surface area contributed by atoms with Crippen molar-refractivity contribution >= 4 is 34.3 Å². The molecule has 2 aliphatic rings. The van der Waals surface area contributed by atoms with Crippen LogP contribution in [0.25, 0.3) is 0 Å². The molecule has 0 saturated carbocycles. The van der Waals surface area contributed by atoms with Crippen LogP contribution in [0.4, 0.5) is 10.5 Å². The number of rotatable bonds is 5. The molecule has 0 aromatic carbocycles. The van der Waals surface area contributed by atoms with E-state index < -0.39 is 33.7 Å². The molecular weight excluding hydrogens is 399 g/mol. The van der Waals surface area contributed by atoms with Crippen LogP contribution in [0, 0.1) is 0 Å². The predicted molar refractivity (Wildman–Crippen MR) is 121 cm³/mol. The number of anilines is 1. The van der Waals surface area contributed by atoms with Crippen molar-refractivity contribution in [3.8, 4) is 0 Å². The lowest BCUT2D eigenvalue weighted by atomic mass is 9.84. The van der Waals surface area contributed by atoms with Gasteiger partial charge in [0.05, 0.1) is 40.8 Å². The highest BCUT2D eigenvalue weighted by molar-refractivity contribution is 6.61. The van der Waals surface area contributed by atoms with Crippen molar-refractivity contribution in [2.75, 3.05) is 11.4 Å². The predicted octanol–water partition coefficient (Wildman–Crippen LogP) is 2.80. The van der Waals surface area contributed by atoms with Gasteiger partial charge in [0.25, 0.3) is 0 Å². The maximum Gasteiger partial charge on any atom is 0.514 e. The molecule has 0 unspecified atom stereocenters. The summed E-state index contributed by atoms with van der Waals surface area (Å²) in [5, 5.41) is 0.173. The summed E-state index contributed by atoms with van der Waals surface area (Å²) in [6.45, 7) is 19.0. The lowest BCUT2D eigenvalue weighted by Gasteiger charge is -2.33. The molecule has 9 heteroatoms. The zero-order valence-corrected chi connectivity index (χ0v) is 21.2. The number of carbonyl (C=O) groups is 1. The molecule has 1 aromatic rings. The average molecular weight is 434 g/mol. The minimum atomic E-state index is -0.768. The summed E-state index contributed by atoms with van der Waals surface area (Å²) < 4.78 is 24.0. The summed E-state index contributed by atoms with van der Waals surface area (Å²) in [6, 6.07) is 3.70. The molecule has 3 heterocycles. The molecule has 0 radical (unpaired) electrons. The molecule has 2 fully saturated rings. The Kier molecular flexibility index (Phi) is 5.90. The summed E-state index contributed by atoms with van der Waals surface area (Å²) in [6.07, 6.45) is 0.962. The Morgan fingerprint density at radius 2 is 1.73 bits per heavy atom. The third-order valence-electron chi connectivity index (χ3n) is 6.04. The van der Waals surface area contributed by atoms with Gasteiger partial charge in [-0.2, -0.15) is 0 Å². The number of ether oxygens (including phenoxy) is 1. The van der Waals surface area contributed by atoms with Gasteiger partial charge >= 0.3 is 13.2 Å². The van der Waals surface area contributed by atoms with Gasteiger partial charge in [-0.3, -0.25) is 9.88 Å². The summed E-state index contributed by atoms with van der Waals surface area (Å²) in [4.78, 5) is 18.6. The number of cyclic esters (lactones) is 1. The van der Waals surface area contributed by atoms with E-state index in [4.69, 9.17) is 18.5 Å². The highest BCUT2D eigenvalue weighted by Gasteiger charge is 2.52. The van der Waals surface area contributed by atoms with Gasteiger partial charge in [0.2, 0.25) is 0 Å². The van der Waals surface area contributed by atoms with Crippen molar-refractivity contribution in [2.45, 2.75) is 90.3 Å². The maximum absolute atomic E-state index is 12.5. The number of pyridine rings is 1. The van der Waals surface area contributed by atoms with Crippen LogP contribution >= 0.6 is 0 Å². The van der Waals surface area contributed by atoms with Gasteiger partial charge < -0.3 is 18.5 Å². The molecule has 1 amide bonds. The molecule has 3 rings (SSSR count). The van der Waals surface area contributed by atoms with Crippen molar-refractivity contribution in [3.05, 3.63) is 18.3 Å². The normalized spacial score (nSPS) is 24.2. The van der Waals surface area contributed by atoms with Gasteiger partial charge in [0, 0.05) is 0 Å². The van der Waals surface area contributed by atoms with E-state index in [9.17, 15) is 4.79 Å². The van der Waals surface area contributed by atoms with E-state index in [0.717, 1.165) is 0 Å². The van der Waals surface area contributed by atoms with Crippen molar-refractivity contribution in [1.82, 2.24) is 4.98 Å². The Balaban J connectivity index is 1.68. The number of hydrogen-bond acceptors (Lipinski definition) is 6. The van der Waals surface area contributed by atoms with Gasteiger partial charge in [0.15, 0.2) is 9.76 Å². The van der Waals surface area contributed by atoms with Crippen LogP contribution in [0.1, 0.15) is 62.3 Å². The second-order valence-corrected chi connectivity index (χ2v) is 13.7. The van der Waals surface area contributed by atoms with Crippen molar-refractivity contribution in [3.63, 3.8) is 0 Å². The number of carbonyl (C=O) groups excluding carboxylic acids is 1. The summed E-state index contributed by atoms with van der Waals surface area (Å²) in [5.41, 5.74) is -0.00860. The third kappa shape index (κ3) is 4.74. The highest BCUT2D eigenvalue weighted by Crippen LogP contribution is 2.36. The van der Waals surface area contributed by atoms with Crippen LogP contribution in [0.2, 0.25) is 5.04 Å². The number of amides is 1. The Bertz CT molecular complexity index is 776. The Hall–Kier alpha value is -1.42. The van der Waals surface area contributed by atoms with E-state index in [1.54, 1.807) is 11.1 Å². The quantitative estimate of drug-likeness (QED) is 0.664. The van der Waals surface area contributed by atoms with E-state index in [2.05, 4.69) is 25.8 Å². The van der Waals surface area contributed by atoms with Crippen LogP contribution in [-0.2, 0) is 18.5 Å². The molecule has 166 valence electrons. The van der Waals surface area contributed by atoms with E-state index in [-0.39, 0.29) is 17.2 Å². The maximum atomic E-state index is 12.5. The van der Waals surface area contributed by atoms with Gasteiger partial charge in [0.1, 0.15) is 6.10 Å². The minimum Gasteiger partial charge on any atom is -0.441 e. The zero-order chi connectivity index (χ0) is 22.5. The van der Waals surface area contributed by atoms with Gasteiger partial charge in [-0.15, -0.1) is 0 Å². The molecule has 0 spiro atoms. The second kappa shape index (κ2) is 7.62. The molecule has 1 aromatic heterocycles. The lowest BCUT2D eigenvalue weighted by molar-refractivity contribution is -0.0133. The van der Waals surface area contributed by atoms with E-state index in [1.807, 2.05) is 53.7 Å². The molecule has 7 nitrogen and oxygen atoms in total. The van der Waals surface area contributed by atoms with Crippen molar-refractivity contribution < 1.29 is 23.3 Å². The van der Waals surface area contributed by atoms with Gasteiger partial charge in [-0.1, -0.05) is 20.8 Å². The number of nitrogens with zero attached hydrogens (tertiary/aromatic N) is 2. The molecule has 2 saturated heterocycles. The summed E-state index contributed by atoms with van der Waals surface area (Å²) in [7, 11) is -1.30. The van der Waals surface area contributed by atoms with Crippen molar-refractivity contribution in [2.24, 2.45) is 0 Å². The summed E-state index contributed by atoms with van der Waals surface area (Å²) in [5.74, 6) is 0. The van der Waals surface area contributed by atoms with Crippen molar-refractivity contribution in [1.29, 1.82) is 0 Å². The molecule has 0 aliphatic carbocycles. The molecular formula is C21H35BN2O5Si. The van der Waals surface area contributed by atoms with Crippen LogP contribution in [0.15, 0.2) is 18.3 Å². The fourth-order valence-electron chi connectivity index (χ4n) is 3.19. The lowest BCUT2D eigenvalue weighted by Crippen LogP contribution is -2.44. The molecule has 0 bridgehead atoms. The monoisotopic (exact) mass is 434 g/mol. The fourth-order valence-corrected chi connectivity index (χ4v) is 4.18. The molecule has 0 N–H and O–H groups in total. The first-order valence-corrected chi connectivity index (χ1v) is 11.8. The van der Waals surface area contributed by atoms with Crippen LogP contribution < -0.4 is 10.5 Å². The van der Waals surface area contributed by atoms with Gasteiger partial charge in [-0.05, 0) is 58.7 Å². The van der Waals surface area contributed by atoms with E-state index >= 15 is 0 Å². The fraction of sp³-hybridized carbons (Fsp3) is 0.714. The van der Waals surface area contributed by atoms with E-state index in [0.29, 0.717) is 17.8 Å². The first kappa shape index (κ1) is 23.2. The average Bonchev–Trinajstić information content (AvgIpc) is 3.10. The van der Waals surface area contributed by atoms with Crippen LogP contribution in [0.3, 0.4) is 0 Å². The van der Waals surface area contributed by atoms with Crippen LogP contribution in [0.5, 0.6) is 0 Å². The topological polar surface area (TPSA) is 70.1 Å². The van der Waals surface area contributed by atoms with E-state index in [1.165, 1.54) is 0 Å². The first-order chi connectivity index (χ1) is 13.6. The Labute approximate surface area is 182 Å². The number of hydrogen-bond donors (Lipinski definition) is 0. The molecule has 30 heavy (non-hydrogen) atoms.